The fourth-order valence-electron chi connectivity index (χ4n) is 4.61. The molecule has 1 atom stereocenters. The van der Waals surface area contributed by atoms with Crippen molar-refractivity contribution in [3.8, 4) is 0 Å². The first-order valence-electron chi connectivity index (χ1n) is 11.1. The molecule has 168 valence electrons. The van der Waals surface area contributed by atoms with Crippen LogP contribution < -0.4 is 10.6 Å². The molecule has 0 aliphatic carbocycles. The molecular weight excluding hydrogens is 420 g/mol. The van der Waals surface area contributed by atoms with Crippen LogP contribution in [0.1, 0.15) is 46.3 Å². The number of aromatic nitrogens is 1. The fourth-order valence-corrected chi connectivity index (χ4v) is 4.61. The van der Waals surface area contributed by atoms with E-state index in [9.17, 15) is 19.2 Å². The third-order valence-electron chi connectivity index (χ3n) is 6.37. The summed E-state index contributed by atoms with van der Waals surface area (Å²) < 4.78 is 0. The third kappa shape index (κ3) is 4.11. The van der Waals surface area contributed by atoms with Crippen LogP contribution in [0.25, 0.3) is 10.9 Å². The number of nitrogens with zero attached hydrogens (tertiary/aromatic N) is 1. The Labute approximate surface area is 190 Å². The van der Waals surface area contributed by atoms with Gasteiger partial charge in [-0.15, -0.1) is 0 Å². The molecule has 0 radical (unpaired) electrons. The second-order valence-electron chi connectivity index (χ2n) is 8.53. The first-order chi connectivity index (χ1) is 16.0. The van der Waals surface area contributed by atoms with E-state index in [0.29, 0.717) is 37.9 Å². The van der Waals surface area contributed by atoms with Gasteiger partial charge in [-0.25, -0.2) is 0 Å². The van der Waals surface area contributed by atoms with Crippen molar-refractivity contribution in [3.05, 3.63) is 70.9 Å². The zero-order valence-electron chi connectivity index (χ0n) is 18.0. The number of aromatic amines is 1. The van der Waals surface area contributed by atoms with Crippen LogP contribution in [-0.2, 0) is 33.9 Å². The van der Waals surface area contributed by atoms with E-state index >= 15 is 0 Å². The van der Waals surface area contributed by atoms with E-state index in [1.165, 1.54) is 4.90 Å². The number of H-pyrrole nitrogens is 1. The minimum atomic E-state index is -0.629. The van der Waals surface area contributed by atoms with E-state index in [1.807, 2.05) is 42.6 Å². The Morgan fingerprint density at radius 1 is 1.12 bits per heavy atom. The van der Waals surface area contributed by atoms with E-state index in [-0.39, 0.29) is 24.1 Å². The summed E-state index contributed by atoms with van der Waals surface area (Å²) in [6.45, 7) is 0.690. The average Bonchev–Trinajstić information content (AvgIpc) is 3.37. The first-order valence-corrected chi connectivity index (χ1v) is 11.1. The Morgan fingerprint density at radius 2 is 1.97 bits per heavy atom. The molecule has 3 heterocycles. The lowest BCUT2D eigenvalue weighted by Crippen LogP contribution is -2.52. The Bertz CT molecular complexity index is 1280. The van der Waals surface area contributed by atoms with Crippen LogP contribution in [0.5, 0.6) is 0 Å². The molecule has 2 aliphatic heterocycles. The molecule has 1 saturated heterocycles. The van der Waals surface area contributed by atoms with Gasteiger partial charge in [0, 0.05) is 48.6 Å². The molecule has 1 fully saturated rings. The predicted molar refractivity (Wildman–Crippen MR) is 121 cm³/mol. The summed E-state index contributed by atoms with van der Waals surface area (Å²) in [5.74, 6) is -0.964. The largest absolute Gasteiger partial charge is 0.361 e. The van der Waals surface area contributed by atoms with Crippen molar-refractivity contribution in [1.82, 2.24) is 20.5 Å². The van der Waals surface area contributed by atoms with Gasteiger partial charge in [-0.05, 0) is 41.7 Å². The van der Waals surface area contributed by atoms with Crippen molar-refractivity contribution in [2.75, 3.05) is 0 Å². The van der Waals surface area contributed by atoms with E-state index in [0.717, 1.165) is 27.6 Å². The second kappa shape index (κ2) is 8.54. The summed E-state index contributed by atoms with van der Waals surface area (Å²) in [7, 11) is 0. The van der Waals surface area contributed by atoms with Gasteiger partial charge in [0.15, 0.2) is 0 Å². The number of amides is 4. The minimum Gasteiger partial charge on any atom is -0.361 e. The molecule has 8 heteroatoms. The number of hydrogen-bond donors (Lipinski definition) is 3. The van der Waals surface area contributed by atoms with Crippen molar-refractivity contribution >= 4 is 34.5 Å². The number of rotatable bonds is 6. The molecule has 3 N–H and O–H groups in total. The second-order valence-corrected chi connectivity index (χ2v) is 8.53. The Balaban J connectivity index is 1.18. The normalized spacial score (nSPS) is 17.9. The molecule has 2 aliphatic rings. The van der Waals surface area contributed by atoms with Gasteiger partial charge >= 0.3 is 0 Å². The summed E-state index contributed by atoms with van der Waals surface area (Å²) in [4.78, 5) is 53.5. The Morgan fingerprint density at radius 3 is 2.82 bits per heavy atom. The first kappa shape index (κ1) is 20.9. The maximum absolute atomic E-state index is 12.8. The minimum absolute atomic E-state index is 0.0398. The number of aryl methyl sites for hydroxylation is 1. The lowest BCUT2D eigenvalue weighted by atomic mass is 10.0. The zero-order valence-corrected chi connectivity index (χ0v) is 18.0. The lowest BCUT2D eigenvalue weighted by Gasteiger charge is -2.29. The highest BCUT2D eigenvalue weighted by Crippen LogP contribution is 2.28. The summed E-state index contributed by atoms with van der Waals surface area (Å²) >= 11 is 0. The van der Waals surface area contributed by atoms with Crippen molar-refractivity contribution in [3.63, 3.8) is 0 Å². The zero-order chi connectivity index (χ0) is 22.9. The molecule has 3 aromatic rings. The molecular formula is C25H24N4O4. The number of benzene rings is 2. The molecule has 0 spiro atoms. The number of imide groups is 1. The summed E-state index contributed by atoms with van der Waals surface area (Å²) in [6.07, 6.45) is 3.55. The summed E-state index contributed by atoms with van der Waals surface area (Å²) in [6, 6.07) is 12.9. The molecule has 4 amide bonds. The maximum atomic E-state index is 12.8. The highest BCUT2D eigenvalue weighted by atomic mass is 16.2. The standard InChI is InChI=1S/C25H24N4O4/c30-22(9-6-16-13-26-20-4-2-1-3-18(16)20)27-12-15-5-7-19-17(11-15)14-29(25(19)33)21-8-10-23(31)28-24(21)32/h1-5,7,11,13,21,26H,6,8-10,12,14H2,(H,27,30)(H,28,31,32). The van der Waals surface area contributed by atoms with Crippen LogP contribution in [0, 0.1) is 0 Å². The topological polar surface area (TPSA) is 111 Å². The average molecular weight is 444 g/mol. The van der Waals surface area contributed by atoms with Crippen LogP contribution in [0.2, 0.25) is 0 Å². The van der Waals surface area contributed by atoms with Gasteiger partial charge in [-0.3, -0.25) is 24.5 Å². The molecule has 33 heavy (non-hydrogen) atoms. The van der Waals surface area contributed by atoms with E-state index in [1.54, 1.807) is 6.07 Å². The van der Waals surface area contributed by atoms with Gasteiger partial charge in [0.25, 0.3) is 5.91 Å². The van der Waals surface area contributed by atoms with Crippen molar-refractivity contribution < 1.29 is 19.2 Å². The predicted octanol–water partition coefficient (Wildman–Crippen LogP) is 2.18. The molecule has 1 aromatic heterocycles. The quantitative estimate of drug-likeness (QED) is 0.506. The smallest absolute Gasteiger partial charge is 0.255 e. The number of nitrogens with one attached hydrogen (secondary N) is 3. The van der Waals surface area contributed by atoms with Gasteiger partial charge in [0.05, 0.1) is 0 Å². The van der Waals surface area contributed by atoms with Crippen molar-refractivity contribution in [2.45, 2.75) is 44.8 Å². The van der Waals surface area contributed by atoms with E-state index < -0.39 is 11.9 Å². The Hall–Kier alpha value is -3.94. The lowest BCUT2D eigenvalue weighted by molar-refractivity contribution is -0.137. The number of carbonyl (C=O) groups is 4. The molecule has 2 aromatic carbocycles. The van der Waals surface area contributed by atoms with E-state index in [4.69, 9.17) is 0 Å². The number of hydrogen-bond acceptors (Lipinski definition) is 4. The van der Waals surface area contributed by atoms with E-state index in [2.05, 4.69) is 15.6 Å². The molecule has 5 rings (SSSR count). The number of piperidine rings is 1. The number of carbonyl (C=O) groups excluding carboxylic acids is 4. The molecule has 0 bridgehead atoms. The van der Waals surface area contributed by atoms with Gasteiger partial charge < -0.3 is 15.2 Å². The van der Waals surface area contributed by atoms with Crippen LogP contribution in [0.15, 0.2) is 48.7 Å². The van der Waals surface area contributed by atoms with Crippen LogP contribution >= 0.6 is 0 Å². The molecule has 1 unspecified atom stereocenters. The maximum Gasteiger partial charge on any atom is 0.255 e. The highest BCUT2D eigenvalue weighted by molar-refractivity contribution is 6.05. The SMILES string of the molecule is O=C(CCc1c[nH]c2ccccc12)NCc1ccc2c(c1)CN(C1CCC(=O)NC1=O)C2=O. The monoisotopic (exact) mass is 444 g/mol. The number of fused-ring (bicyclic) bond motifs is 2. The Kier molecular flexibility index (Phi) is 5.42. The summed E-state index contributed by atoms with van der Waals surface area (Å²) in [5, 5.41) is 6.39. The van der Waals surface area contributed by atoms with Gasteiger partial charge in [-0.2, -0.15) is 0 Å². The van der Waals surface area contributed by atoms with Crippen LogP contribution in [0.4, 0.5) is 0 Å². The number of para-hydroxylation sites is 1. The molecule has 8 nitrogen and oxygen atoms in total. The fraction of sp³-hybridized carbons (Fsp3) is 0.280. The van der Waals surface area contributed by atoms with Crippen LogP contribution in [-0.4, -0.2) is 39.6 Å². The van der Waals surface area contributed by atoms with Crippen molar-refractivity contribution in [2.24, 2.45) is 0 Å². The highest BCUT2D eigenvalue weighted by Gasteiger charge is 2.39. The van der Waals surface area contributed by atoms with Gasteiger partial charge in [0.2, 0.25) is 17.7 Å². The van der Waals surface area contributed by atoms with Crippen molar-refractivity contribution in [1.29, 1.82) is 0 Å². The third-order valence-corrected chi connectivity index (χ3v) is 6.37. The van der Waals surface area contributed by atoms with Gasteiger partial charge in [0.1, 0.15) is 6.04 Å². The summed E-state index contributed by atoms with van der Waals surface area (Å²) in [5.41, 5.74) is 4.47. The molecule has 0 saturated carbocycles. The van der Waals surface area contributed by atoms with Crippen LogP contribution in [0.3, 0.4) is 0 Å². The van der Waals surface area contributed by atoms with Gasteiger partial charge in [-0.1, -0.05) is 30.3 Å².